The SMILES string of the molecule is CC(=O)OCC(=O)OCC12CC3CC(CC(C)(C3)C1)C2. The van der Waals surface area contributed by atoms with E-state index in [1.807, 2.05) is 0 Å². The van der Waals surface area contributed by atoms with Crippen LogP contribution >= 0.6 is 0 Å². The molecule has 20 heavy (non-hydrogen) atoms. The van der Waals surface area contributed by atoms with Crippen LogP contribution in [0.5, 0.6) is 0 Å². The molecule has 0 N–H and O–H groups in total. The van der Waals surface area contributed by atoms with Gasteiger partial charge >= 0.3 is 11.9 Å². The summed E-state index contributed by atoms with van der Waals surface area (Å²) in [5, 5.41) is 0. The lowest BCUT2D eigenvalue weighted by atomic mass is 9.45. The Morgan fingerprint density at radius 3 is 2.30 bits per heavy atom. The molecule has 0 spiro atoms. The molecule has 4 aliphatic rings. The van der Waals surface area contributed by atoms with Crippen molar-refractivity contribution in [2.75, 3.05) is 13.2 Å². The first-order chi connectivity index (χ1) is 9.38. The van der Waals surface area contributed by atoms with Gasteiger partial charge in [-0.25, -0.2) is 4.79 Å². The highest BCUT2D eigenvalue weighted by molar-refractivity contribution is 5.75. The fraction of sp³-hybridized carbons (Fsp3) is 0.875. The molecule has 4 nitrogen and oxygen atoms in total. The van der Waals surface area contributed by atoms with Gasteiger partial charge in [0.25, 0.3) is 0 Å². The summed E-state index contributed by atoms with van der Waals surface area (Å²) in [5.74, 6) is 0.798. The largest absolute Gasteiger partial charge is 0.463 e. The lowest BCUT2D eigenvalue weighted by molar-refractivity contribution is -0.169. The van der Waals surface area contributed by atoms with Crippen molar-refractivity contribution in [1.29, 1.82) is 0 Å². The number of rotatable bonds is 4. The Morgan fingerprint density at radius 1 is 1.10 bits per heavy atom. The lowest BCUT2D eigenvalue weighted by Crippen LogP contribution is -2.52. The first-order valence-electron chi connectivity index (χ1n) is 7.67. The number of carbonyl (C=O) groups excluding carboxylic acids is 2. The van der Waals surface area contributed by atoms with Crippen molar-refractivity contribution in [2.45, 2.75) is 52.4 Å². The summed E-state index contributed by atoms with van der Waals surface area (Å²) in [6, 6.07) is 0. The highest BCUT2D eigenvalue weighted by Crippen LogP contribution is 2.65. The van der Waals surface area contributed by atoms with Crippen LogP contribution in [0.3, 0.4) is 0 Å². The molecule has 4 aliphatic carbocycles. The molecule has 0 saturated heterocycles. The van der Waals surface area contributed by atoms with Crippen molar-refractivity contribution in [3.05, 3.63) is 0 Å². The monoisotopic (exact) mass is 280 g/mol. The number of carbonyl (C=O) groups is 2. The minimum absolute atomic E-state index is 0.199. The van der Waals surface area contributed by atoms with E-state index in [9.17, 15) is 9.59 Å². The minimum Gasteiger partial charge on any atom is -0.463 e. The van der Waals surface area contributed by atoms with Crippen molar-refractivity contribution < 1.29 is 19.1 Å². The fourth-order valence-electron chi connectivity index (χ4n) is 5.53. The van der Waals surface area contributed by atoms with Crippen molar-refractivity contribution in [3.8, 4) is 0 Å². The Morgan fingerprint density at radius 2 is 1.75 bits per heavy atom. The molecule has 0 aromatic rings. The van der Waals surface area contributed by atoms with Gasteiger partial charge in [0, 0.05) is 12.3 Å². The third-order valence-corrected chi connectivity index (χ3v) is 5.41. The number of esters is 2. The van der Waals surface area contributed by atoms with Crippen LogP contribution in [0, 0.1) is 22.7 Å². The number of hydrogen-bond acceptors (Lipinski definition) is 4. The van der Waals surface area contributed by atoms with E-state index in [1.54, 1.807) is 0 Å². The first kappa shape index (κ1) is 13.9. The molecule has 4 heteroatoms. The summed E-state index contributed by atoms with van der Waals surface area (Å²) < 4.78 is 10.1. The molecule has 4 bridgehead atoms. The number of hydrogen-bond donors (Lipinski definition) is 0. The van der Waals surface area contributed by atoms with Gasteiger partial charge in [0.15, 0.2) is 6.61 Å². The van der Waals surface area contributed by atoms with Crippen molar-refractivity contribution in [2.24, 2.45) is 22.7 Å². The normalized spacial score (nSPS) is 41.5. The fourth-order valence-corrected chi connectivity index (χ4v) is 5.53. The summed E-state index contributed by atoms with van der Waals surface area (Å²) in [5.41, 5.74) is 0.664. The predicted molar refractivity (Wildman–Crippen MR) is 72.8 cm³/mol. The molecular formula is C16H24O4. The Bertz CT molecular complexity index is 414. The molecule has 4 fully saturated rings. The summed E-state index contributed by atoms with van der Waals surface area (Å²) in [6.45, 7) is 3.96. The van der Waals surface area contributed by atoms with Gasteiger partial charge in [0.2, 0.25) is 0 Å². The van der Waals surface area contributed by atoms with E-state index in [4.69, 9.17) is 4.74 Å². The second-order valence-electron chi connectivity index (χ2n) is 7.71. The average Bonchev–Trinajstić information content (AvgIpc) is 2.31. The molecule has 4 rings (SSSR count). The van der Waals surface area contributed by atoms with Gasteiger partial charge in [0.1, 0.15) is 0 Å². The second-order valence-corrected chi connectivity index (χ2v) is 7.71. The van der Waals surface area contributed by atoms with Crippen LogP contribution in [-0.4, -0.2) is 25.2 Å². The summed E-state index contributed by atoms with van der Waals surface area (Å²) in [6.07, 6.45) is 7.69. The quantitative estimate of drug-likeness (QED) is 0.743. The molecule has 4 saturated carbocycles. The Labute approximate surface area is 120 Å². The van der Waals surface area contributed by atoms with Crippen LogP contribution in [-0.2, 0) is 19.1 Å². The van der Waals surface area contributed by atoms with E-state index in [-0.39, 0.29) is 12.0 Å². The highest BCUT2D eigenvalue weighted by atomic mass is 16.6. The first-order valence-corrected chi connectivity index (χ1v) is 7.67. The summed E-state index contributed by atoms with van der Waals surface area (Å²) in [4.78, 5) is 22.3. The summed E-state index contributed by atoms with van der Waals surface area (Å²) in [7, 11) is 0. The van der Waals surface area contributed by atoms with Crippen molar-refractivity contribution in [3.63, 3.8) is 0 Å². The zero-order chi connectivity index (χ0) is 14.4. The lowest BCUT2D eigenvalue weighted by Gasteiger charge is -2.61. The van der Waals surface area contributed by atoms with Crippen LogP contribution < -0.4 is 0 Å². The molecule has 0 aromatic heterocycles. The molecular weight excluding hydrogens is 256 g/mol. The van der Waals surface area contributed by atoms with Crippen molar-refractivity contribution in [1.82, 2.24) is 0 Å². The molecule has 112 valence electrons. The Kier molecular flexibility index (Phi) is 3.30. The van der Waals surface area contributed by atoms with E-state index in [0.717, 1.165) is 11.8 Å². The maximum atomic E-state index is 11.6. The molecule has 2 unspecified atom stereocenters. The zero-order valence-electron chi connectivity index (χ0n) is 12.4. The zero-order valence-corrected chi connectivity index (χ0v) is 12.4. The van der Waals surface area contributed by atoms with E-state index in [0.29, 0.717) is 12.0 Å². The standard InChI is InChI=1S/C16H24O4/c1-11(17)19-8-14(18)20-10-16-6-12-3-13(7-16)5-15(2,4-12)9-16/h12-13H,3-10H2,1-2H3. The third kappa shape index (κ3) is 2.70. The molecule has 0 radical (unpaired) electrons. The molecule has 0 heterocycles. The van der Waals surface area contributed by atoms with Crippen LogP contribution in [0.15, 0.2) is 0 Å². The van der Waals surface area contributed by atoms with E-state index in [1.165, 1.54) is 45.4 Å². The number of ether oxygens (including phenoxy) is 2. The van der Waals surface area contributed by atoms with Gasteiger partial charge in [0.05, 0.1) is 6.61 Å². The Balaban J connectivity index is 1.57. The molecule has 0 aliphatic heterocycles. The van der Waals surface area contributed by atoms with Crippen LogP contribution in [0.25, 0.3) is 0 Å². The maximum absolute atomic E-state index is 11.6. The van der Waals surface area contributed by atoms with Gasteiger partial charge in [-0.2, -0.15) is 0 Å². The van der Waals surface area contributed by atoms with Crippen LogP contribution in [0.1, 0.15) is 52.4 Å². The Hall–Kier alpha value is -1.06. The summed E-state index contributed by atoms with van der Waals surface area (Å²) >= 11 is 0. The van der Waals surface area contributed by atoms with E-state index < -0.39 is 11.9 Å². The van der Waals surface area contributed by atoms with E-state index in [2.05, 4.69) is 11.7 Å². The third-order valence-electron chi connectivity index (χ3n) is 5.41. The van der Waals surface area contributed by atoms with E-state index >= 15 is 0 Å². The topological polar surface area (TPSA) is 52.6 Å². The van der Waals surface area contributed by atoms with Gasteiger partial charge in [-0.05, 0) is 55.8 Å². The van der Waals surface area contributed by atoms with Gasteiger partial charge in [-0.15, -0.1) is 0 Å². The van der Waals surface area contributed by atoms with Gasteiger partial charge < -0.3 is 9.47 Å². The second kappa shape index (κ2) is 4.74. The minimum atomic E-state index is -0.440. The van der Waals surface area contributed by atoms with Crippen LogP contribution in [0.2, 0.25) is 0 Å². The maximum Gasteiger partial charge on any atom is 0.344 e. The smallest absolute Gasteiger partial charge is 0.344 e. The predicted octanol–water partition coefficient (Wildman–Crippen LogP) is 2.70. The van der Waals surface area contributed by atoms with Crippen molar-refractivity contribution >= 4 is 11.9 Å². The molecule has 2 atom stereocenters. The van der Waals surface area contributed by atoms with Crippen LogP contribution in [0.4, 0.5) is 0 Å². The molecule has 0 amide bonds. The highest BCUT2D eigenvalue weighted by Gasteiger charge is 2.56. The van der Waals surface area contributed by atoms with Gasteiger partial charge in [-0.1, -0.05) is 6.92 Å². The molecule has 0 aromatic carbocycles. The average molecular weight is 280 g/mol. The van der Waals surface area contributed by atoms with Gasteiger partial charge in [-0.3, -0.25) is 4.79 Å².